The van der Waals surface area contributed by atoms with Crippen LogP contribution in [-0.4, -0.2) is 16.5 Å². The van der Waals surface area contributed by atoms with Crippen LogP contribution in [0.25, 0.3) is 5.65 Å². The van der Waals surface area contributed by atoms with Gasteiger partial charge in [-0.3, -0.25) is 0 Å². The number of methoxy groups -OCH3 is 1. The Labute approximate surface area is 77.0 Å². The van der Waals surface area contributed by atoms with Crippen LogP contribution < -0.4 is 4.74 Å². The van der Waals surface area contributed by atoms with Gasteiger partial charge in [0, 0.05) is 24.2 Å². The molecule has 2 heterocycles. The van der Waals surface area contributed by atoms with Gasteiger partial charge in [0.15, 0.2) is 0 Å². The van der Waals surface area contributed by atoms with Crippen molar-refractivity contribution in [3.63, 3.8) is 0 Å². The summed E-state index contributed by atoms with van der Waals surface area (Å²) in [6.45, 7) is 2.12. The summed E-state index contributed by atoms with van der Waals surface area (Å²) in [7, 11) is 1.66. The smallest absolute Gasteiger partial charge is 0.140 e. The van der Waals surface area contributed by atoms with Gasteiger partial charge in [0.25, 0.3) is 0 Å². The molecule has 0 amide bonds. The molecule has 0 atom stereocenters. The Hall–Kier alpha value is -1.51. The molecule has 0 spiro atoms. The van der Waals surface area contributed by atoms with E-state index in [1.807, 2.05) is 24.5 Å². The van der Waals surface area contributed by atoms with Gasteiger partial charge in [-0.25, -0.2) is 4.98 Å². The van der Waals surface area contributed by atoms with Crippen molar-refractivity contribution in [3.05, 3.63) is 30.2 Å². The fourth-order valence-corrected chi connectivity index (χ4v) is 1.40. The van der Waals surface area contributed by atoms with Crippen molar-refractivity contribution >= 4 is 5.65 Å². The minimum atomic E-state index is 0.848. The first-order valence-electron chi connectivity index (χ1n) is 4.35. The van der Waals surface area contributed by atoms with Crippen LogP contribution in [0.1, 0.15) is 12.6 Å². The zero-order valence-electron chi connectivity index (χ0n) is 7.82. The van der Waals surface area contributed by atoms with Crippen LogP contribution in [0.3, 0.4) is 0 Å². The molecule has 0 aliphatic rings. The third kappa shape index (κ3) is 1.26. The third-order valence-electron chi connectivity index (χ3n) is 2.16. The molecule has 3 heteroatoms. The second-order valence-corrected chi connectivity index (χ2v) is 2.90. The molecule has 0 fully saturated rings. The van der Waals surface area contributed by atoms with E-state index in [0.29, 0.717) is 0 Å². The van der Waals surface area contributed by atoms with Crippen molar-refractivity contribution in [2.24, 2.45) is 0 Å². The zero-order valence-corrected chi connectivity index (χ0v) is 7.82. The average molecular weight is 176 g/mol. The third-order valence-corrected chi connectivity index (χ3v) is 2.16. The first-order chi connectivity index (χ1) is 6.35. The lowest BCUT2D eigenvalue weighted by Gasteiger charge is -2.01. The Bertz CT molecular complexity index is 420. The standard InChI is InChI=1S/C10H12N2O/c1-3-8-7-11-10-6-9(13-2)4-5-12(8)10/h4-7H,3H2,1-2H3. The lowest BCUT2D eigenvalue weighted by molar-refractivity contribution is 0.414. The molecule has 0 N–H and O–H groups in total. The van der Waals surface area contributed by atoms with Gasteiger partial charge in [0.1, 0.15) is 11.4 Å². The van der Waals surface area contributed by atoms with Crippen molar-refractivity contribution in [2.45, 2.75) is 13.3 Å². The quantitative estimate of drug-likeness (QED) is 0.698. The number of rotatable bonds is 2. The Kier molecular flexibility index (Phi) is 1.93. The fraction of sp³-hybridized carbons (Fsp3) is 0.300. The summed E-state index contributed by atoms with van der Waals surface area (Å²) in [6.07, 6.45) is 4.88. The molecular formula is C10H12N2O. The van der Waals surface area contributed by atoms with Crippen molar-refractivity contribution in [2.75, 3.05) is 7.11 Å². The van der Waals surface area contributed by atoms with Gasteiger partial charge in [-0.2, -0.15) is 0 Å². The normalized spacial score (nSPS) is 10.6. The molecule has 0 aromatic carbocycles. The van der Waals surface area contributed by atoms with Gasteiger partial charge in [0.2, 0.25) is 0 Å². The van der Waals surface area contributed by atoms with Gasteiger partial charge in [-0.15, -0.1) is 0 Å². The van der Waals surface area contributed by atoms with Crippen molar-refractivity contribution < 1.29 is 4.74 Å². The van der Waals surface area contributed by atoms with Crippen molar-refractivity contribution in [1.82, 2.24) is 9.38 Å². The van der Waals surface area contributed by atoms with Crippen LogP contribution in [0.15, 0.2) is 24.5 Å². The maximum Gasteiger partial charge on any atom is 0.140 e. The van der Waals surface area contributed by atoms with Gasteiger partial charge in [-0.05, 0) is 12.5 Å². The summed E-state index contributed by atoms with van der Waals surface area (Å²) >= 11 is 0. The molecule has 0 aliphatic carbocycles. The van der Waals surface area contributed by atoms with Crippen LogP contribution in [0.5, 0.6) is 5.75 Å². The van der Waals surface area contributed by atoms with Crippen LogP contribution >= 0.6 is 0 Å². The summed E-state index contributed by atoms with van der Waals surface area (Å²) < 4.78 is 7.18. The Morgan fingerprint density at radius 2 is 2.38 bits per heavy atom. The predicted octanol–water partition coefficient (Wildman–Crippen LogP) is 1.91. The molecule has 0 saturated carbocycles. The maximum absolute atomic E-state index is 5.11. The van der Waals surface area contributed by atoms with E-state index in [1.54, 1.807) is 7.11 Å². The number of pyridine rings is 1. The summed E-state index contributed by atoms with van der Waals surface area (Å²) in [5.41, 5.74) is 2.16. The summed E-state index contributed by atoms with van der Waals surface area (Å²) in [6, 6.07) is 3.87. The minimum absolute atomic E-state index is 0.848. The lowest BCUT2D eigenvalue weighted by Crippen LogP contribution is -1.91. The minimum Gasteiger partial charge on any atom is -0.497 e. The molecular weight excluding hydrogens is 164 g/mol. The van der Waals surface area contributed by atoms with E-state index in [9.17, 15) is 0 Å². The van der Waals surface area contributed by atoms with Crippen molar-refractivity contribution in [1.29, 1.82) is 0 Å². The molecule has 2 rings (SSSR count). The SMILES string of the molecule is CCc1cnc2cc(OC)ccn12. The van der Waals surface area contributed by atoms with Gasteiger partial charge in [-0.1, -0.05) is 6.92 Å². The van der Waals surface area contributed by atoms with Crippen molar-refractivity contribution in [3.8, 4) is 5.75 Å². The number of imidazole rings is 1. The second kappa shape index (κ2) is 3.09. The van der Waals surface area contributed by atoms with E-state index in [2.05, 4.69) is 16.3 Å². The van der Waals surface area contributed by atoms with Crippen LogP contribution in [0.4, 0.5) is 0 Å². The number of fused-ring (bicyclic) bond motifs is 1. The van der Waals surface area contributed by atoms with Gasteiger partial charge in [0.05, 0.1) is 7.11 Å². The van der Waals surface area contributed by atoms with Gasteiger partial charge < -0.3 is 9.14 Å². The van der Waals surface area contributed by atoms with E-state index >= 15 is 0 Å². The Morgan fingerprint density at radius 1 is 1.54 bits per heavy atom. The number of aryl methyl sites for hydroxylation is 1. The molecule has 0 unspecified atom stereocenters. The van der Waals surface area contributed by atoms with Crippen LogP contribution in [0.2, 0.25) is 0 Å². The second-order valence-electron chi connectivity index (χ2n) is 2.90. The zero-order chi connectivity index (χ0) is 9.26. The maximum atomic E-state index is 5.11. The Balaban J connectivity index is 2.61. The van der Waals surface area contributed by atoms with E-state index in [4.69, 9.17) is 4.74 Å². The number of hydrogen-bond donors (Lipinski definition) is 0. The highest BCUT2D eigenvalue weighted by atomic mass is 16.5. The number of nitrogens with zero attached hydrogens (tertiary/aromatic N) is 2. The van der Waals surface area contributed by atoms with E-state index in [1.165, 1.54) is 5.69 Å². The number of aromatic nitrogens is 2. The van der Waals surface area contributed by atoms with E-state index in [0.717, 1.165) is 17.8 Å². The van der Waals surface area contributed by atoms with Crippen LogP contribution in [-0.2, 0) is 6.42 Å². The fourth-order valence-electron chi connectivity index (χ4n) is 1.40. The van der Waals surface area contributed by atoms with Gasteiger partial charge >= 0.3 is 0 Å². The molecule has 13 heavy (non-hydrogen) atoms. The first kappa shape index (κ1) is 8.10. The van der Waals surface area contributed by atoms with E-state index in [-0.39, 0.29) is 0 Å². The highest BCUT2D eigenvalue weighted by molar-refractivity contribution is 5.45. The van der Waals surface area contributed by atoms with E-state index < -0.39 is 0 Å². The summed E-state index contributed by atoms with van der Waals surface area (Å²) in [5.74, 6) is 0.848. The molecule has 0 bridgehead atoms. The number of hydrogen-bond acceptors (Lipinski definition) is 2. The largest absolute Gasteiger partial charge is 0.497 e. The summed E-state index contributed by atoms with van der Waals surface area (Å²) in [4.78, 5) is 4.28. The highest BCUT2D eigenvalue weighted by Crippen LogP contribution is 2.14. The molecule has 0 aliphatic heterocycles. The molecule has 68 valence electrons. The Morgan fingerprint density at radius 3 is 3.08 bits per heavy atom. The molecule has 0 saturated heterocycles. The first-order valence-corrected chi connectivity index (χ1v) is 4.35. The topological polar surface area (TPSA) is 26.5 Å². The lowest BCUT2D eigenvalue weighted by atomic mass is 10.3. The monoisotopic (exact) mass is 176 g/mol. The molecule has 3 nitrogen and oxygen atoms in total. The molecule has 2 aromatic heterocycles. The van der Waals surface area contributed by atoms with Crippen LogP contribution in [0, 0.1) is 0 Å². The average Bonchev–Trinajstić information content (AvgIpc) is 2.59. The molecule has 2 aromatic rings. The predicted molar refractivity (Wildman–Crippen MR) is 51.1 cm³/mol. The number of ether oxygens (including phenoxy) is 1. The summed E-state index contributed by atoms with van der Waals surface area (Å²) in [5, 5.41) is 0. The molecule has 0 radical (unpaired) electrons. The highest BCUT2D eigenvalue weighted by Gasteiger charge is 2.01.